The normalized spacial score (nSPS) is 15.8. The number of anilines is 1. The summed E-state index contributed by atoms with van der Waals surface area (Å²) in [5.74, 6) is 1.65. The molecule has 3 aromatic rings. The molecule has 5 nitrogen and oxygen atoms in total. The average Bonchev–Trinajstić information content (AvgIpc) is 3.00. The van der Waals surface area contributed by atoms with E-state index in [1.54, 1.807) is 13.2 Å². The fraction of sp³-hybridized carbons (Fsp3) is 0.222. The van der Waals surface area contributed by atoms with Crippen molar-refractivity contribution in [3.8, 4) is 22.8 Å². The van der Waals surface area contributed by atoms with Crippen LogP contribution in [0.1, 0.15) is 18.7 Å². The van der Waals surface area contributed by atoms with Crippen molar-refractivity contribution < 1.29 is 9.13 Å². The molecule has 0 radical (unpaired) electrons. The van der Waals surface area contributed by atoms with Gasteiger partial charge in [0.25, 0.3) is 0 Å². The minimum Gasteiger partial charge on any atom is -0.497 e. The lowest BCUT2D eigenvalue weighted by Gasteiger charge is -2.13. The minimum absolute atomic E-state index is 0.0990. The molecule has 2 aromatic carbocycles. The van der Waals surface area contributed by atoms with Crippen LogP contribution < -0.4 is 10.1 Å². The summed E-state index contributed by atoms with van der Waals surface area (Å²) in [6.07, 6.45) is 0. The number of benzene rings is 2. The zero-order valence-electron chi connectivity index (χ0n) is 13.8. The lowest BCUT2D eigenvalue weighted by atomic mass is 10.1. The zero-order valence-corrected chi connectivity index (χ0v) is 14.5. The summed E-state index contributed by atoms with van der Waals surface area (Å²) < 4.78 is 21.6. The monoisotopic (exact) mass is 358 g/mol. The van der Waals surface area contributed by atoms with Gasteiger partial charge in [-0.3, -0.25) is 4.57 Å². The molecule has 0 spiro atoms. The first-order valence-corrected chi connectivity index (χ1v) is 8.29. The van der Waals surface area contributed by atoms with Gasteiger partial charge < -0.3 is 10.1 Å². The summed E-state index contributed by atoms with van der Waals surface area (Å²) in [5.41, 5.74) is 2.05. The van der Waals surface area contributed by atoms with Crippen LogP contribution in [0.3, 0.4) is 0 Å². The van der Waals surface area contributed by atoms with Gasteiger partial charge >= 0.3 is 0 Å². The van der Waals surface area contributed by atoms with E-state index in [-0.39, 0.29) is 11.7 Å². The second-order valence-electron chi connectivity index (χ2n) is 6.01. The molecule has 0 aliphatic carbocycles. The van der Waals surface area contributed by atoms with Crippen molar-refractivity contribution in [3.05, 3.63) is 53.1 Å². The fourth-order valence-electron chi connectivity index (χ4n) is 3.03. The van der Waals surface area contributed by atoms with Crippen molar-refractivity contribution in [1.29, 1.82) is 0 Å². The van der Waals surface area contributed by atoms with E-state index in [0.29, 0.717) is 23.0 Å². The zero-order chi connectivity index (χ0) is 17.6. The summed E-state index contributed by atoms with van der Waals surface area (Å²) in [4.78, 5) is 0. The van der Waals surface area contributed by atoms with E-state index < -0.39 is 0 Å². The molecule has 0 fully saturated rings. The van der Waals surface area contributed by atoms with Crippen LogP contribution in [-0.4, -0.2) is 28.4 Å². The van der Waals surface area contributed by atoms with Crippen molar-refractivity contribution in [1.82, 2.24) is 14.8 Å². The molecule has 0 amide bonds. The van der Waals surface area contributed by atoms with E-state index in [1.165, 1.54) is 12.1 Å². The first-order chi connectivity index (χ1) is 12.1. The van der Waals surface area contributed by atoms with Gasteiger partial charge in [0.15, 0.2) is 5.82 Å². The lowest BCUT2D eigenvalue weighted by Crippen LogP contribution is -2.09. The van der Waals surface area contributed by atoms with E-state index in [0.717, 1.165) is 22.9 Å². The largest absolute Gasteiger partial charge is 0.497 e. The van der Waals surface area contributed by atoms with E-state index >= 15 is 0 Å². The fourth-order valence-corrected chi connectivity index (χ4v) is 3.20. The number of nitrogens with zero attached hydrogens (tertiary/aromatic N) is 3. The molecular formula is C18H16ClFN4O. The van der Waals surface area contributed by atoms with E-state index in [9.17, 15) is 4.39 Å². The number of methoxy groups -OCH3 is 1. The predicted molar refractivity (Wildman–Crippen MR) is 95.2 cm³/mol. The minimum atomic E-state index is -0.389. The van der Waals surface area contributed by atoms with E-state index in [2.05, 4.69) is 22.4 Å². The van der Waals surface area contributed by atoms with Crippen molar-refractivity contribution >= 4 is 17.3 Å². The maximum absolute atomic E-state index is 14.4. The van der Waals surface area contributed by atoms with Gasteiger partial charge in [-0.15, -0.1) is 10.2 Å². The van der Waals surface area contributed by atoms with Crippen LogP contribution in [-0.2, 0) is 0 Å². The Morgan fingerprint density at radius 1 is 1.24 bits per heavy atom. The molecule has 1 atom stereocenters. The Kier molecular flexibility index (Phi) is 3.84. The Morgan fingerprint density at radius 3 is 2.88 bits per heavy atom. The molecule has 0 saturated carbocycles. The molecule has 0 saturated heterocycles. The Balaban J connectivity index is 1.99. The second-order valence-corrected chi connectivity index (χ2v) is 6.44. The SMILES string of the molecule is COc1ccc2c(c1)NC[C@H](C)c1nnc(-c3cc(Cl)ccc3F)n1-2. The van der Waals surface area contributed by atoms with Crippen LogP contribution in [0.2, 0.25) is 5.02 Å². The van der Waals surface area contributed by atoms with Crippen LogP contribution >= 0.6 is 11.6 Å². The third kappa shape index (κ3) is 2.62. The van der Waals surface area contributed by atoms with Crippen molar-refractivity contribution in [2.24, 2.45) is 0 Å². The summed E-state index contributed by atoms with van der Waals surface area (Å²) in [5, 5.41) is 12.4. The number of ether oxygens (including phenoxy) is 1. The standard InChI is InChI=1S/C18H16ClFN4O/c1-10-9-21-15-8-12(25-2)4-6-16(15)24-17(10)22-23-18(24)13-7-11(19)3-5-14(13)20/h3-8,10,21H,9H2,1-2H3/t10-/m0/s1. The van der Waals surface area contributed by atoms with Crippen LogP contribution in [0.4, 0.5) is 10.1 Å². The number of nitrogens with one attached hydrogen (secondary N) is 1. The molecular weight excluding hydrogens is 343 g/mol. The maximum atomic E-state index is 14.4. The predicted octanol–water partition coefficient (Wildman–Crippen LogP) is 4.26. The Morgan fingerprint density at radius 2 is 2.08 bits per heavy atom. The van der Waals surface area contributed by atoms with Crippen LogP contribution in [0.25, 0.3) is 17.1 Å². The maximum Gasteiger partial charge on any atom is 0.171 e. The third-order valence-electron chi connectivity index (χ3n) is 4.34. The first kappa shape index (κ1) is 15.9. The molecule has 0 unspecified atom stereocenters. The molecule has 1 N–H and O–H groups in total. The van der Waals surface area contributed by atoms with E-state index in [1.807, 2.05) is 22.8 Å². The highest BCUT2D eigenvalue weighted by atomic mass is 35.5. The topological polar surface area (TPSA) is 52.0 Å². The second kappa shape index (κ2) is 6.04. The third-order valence-corrected chi connectivity index (χ3v) is 4.58. The summed E-state index contributed by atoms with van der Waals surface area (Å²) in [6.45, 7) is 2.74. The molecule has 1 aliphatic rings. The van der Waals surface area contributed by atoms with Crippen molar-refractivity contribution in [2.75, 3.05) is 19.0 Å². The van der Waals surface area contributed by atoms with Gasteiger partial charge in [-0.05, 0) is 30.3 Å². The first-order valence-electron chi connectivity index (χ1n) is 7.91. The highest BCUT2D eigenvalue weighted by Gasteiger charge is 2.26. The average molecular weight is 359 g/mol. The Labute approximate surface area is 149 Å². The van der Waals surface area contributed by atoms with Crippen LogP contribution in [0.15, 0.2) is 36.4 Å². The number of aromatic nitrogens is 3. The quantitative estimate of drug-likeness (QED) is 0.743. The number of rotatable bonds is 2. The van der Waals surface area contributed by atoms with Gasteiger partial charge in [-0.2, -0.15) is 0 Å². The molecule has 0 bridgehead atoms. The number of halogens is 2. The van der Waals surface area contributed by atoms with Gasteiger partial charge in [0.05, 0.1) is 24.0 Å². The molecule has 2 heterocycles. The molecule has 1 aliphatic heterocycles. The Bertz CT molecular complexity index is 956. The highest BCUT2D eigenvalue weighted by Crippen LogP contribution is 2.36. The van der Waals surface area contributed by atoms with Gasteiger partial charge in [0, 0.05) is 23.6 Å². The van der Waals surface area contributed by atoms with Gasteiger partial charge in [0.2, 0.25) is 0 Å². The molecule has 7 heteroatoms. The van der Waals surface area contributed by atoms with Crippen molar-refractivity contribution in [3.63, 3.8) is 0 Å². The summed E-state index contributed by atoms with van der Waals surface area (Å²) in [7, 11) is 1.62. The smallest absolute Gasteiger partial charge is 0.171 e. The van der Waals surface area contributed by atoms with Crippen LogP contribution in [0.5, 0.6) is 5.75 Å². The summed E-state index contributed by atoms with van der Waals surface area (Å²) in [6, 6.07) is 10.1. The summed E-state index contributed by atoms with van der Waals surface area (Å²) >= 11 is 6.06. The molecule has 4 rings (SSSR count). The number of hydrogen-bond donors (Lipinski definition) is 1. The van der Waals surface area contributed by atoms with E-state index in [4.69, 9.17) is 16.3 Å². The number of hydrogen-bond acceptors (Lipinski definition) is 4. The Hall–Kier alpha value is -2.60. The van der Waals surface area contributed by atoms with Gasteiger partial charge in [-0.1, -0.05) is 18.5 Å². The number of fused-ring (bicyclic) bond motifs is 3. The molecule has 1 aromatic heterocycles. The van der Waals surface area contributed by atoms with Gasteiger partial charge in [0.1, 0.15) is 17.4 Å². The lowest BCUT2D eigenvalue weighted by molar-refractivity contribution is 0.415. The van der Waals surface area contributed by atoms with Crippen molar-refractivity contribution in [2.45, 2.75) is 12.8 Å². The molecule has 128 valence electrons. The molecule has 25 heavy (non-hydrogen) atoms. The highest BCUT2D eigenvalue weighted by molar-refractivity contribution is 6.30. The van der Waals surface area contributed by atoms with Gasteiger partial charge in [-0.25, -0.2) is 4.39 Å². The van der Waals surface area contributed by atoms with Crippen LogP contribution in [0, 0.1) is 5.82 Å².